The van der Waals surface area contributed by atoms with E-state index in [2.05, 4.69) is 34.6 Å². The van der Waals surface area contributed by atoms with Crippen molar-refractivity contribution >= 4 is 6.02 Å². The van der Waals surface area contributed by atoms with Gasteiger partial charge in [-0.2, -0.15) is 0 Å². The standard InChI is InChI=1S/C12H16N2O/c1-13-12-14-11(9-15-12)8-7-10-5-3-2-4-6-10/h2-6,11H,7-9H2,1H3,(H,13,14). The number of amidine groups is 1. The van der Waals surface area contributed by atoms with Gasteiger partial charge in [0.15, 0.2) is 0 Å². The molecular formula is C12H16N2O. The number of ether oxygens (including phenoxy) is 1. The molecule has 1 heterocycles. The van der Waals surface area contributed by atoms with Crippen molar-refractivity contribution < 1.29 is 4.74 Å². The van der Waals surface area contributed by atoms with Crippen LogP contribution in [0.15, 0.2) is 35.3 Å². The van der Waals surface area contributed by atoms with E-state index in [0.29, 0.717) is 12.1 Å². The van der Waals surface area contributed by atoms with Crippen molar-refractivity contribution in [1.29, 1.82) is 0 Å². The number of benzene rings is 1. The van der Waals surface area contributed by atoms with Crippen LogP contribution in [0.2, 0.25) is 0 Å². The molecule has 1 saturated heterocycles. The van der Waals surface area contributed by atoms with Gasteiger partial charge in [-0.15, -0.1) is 0 Å². The van der Waals surface area contributed by atoms with Gasteiger partial charge in [-0.25, -0.2) is 4.99 Å². The van der Waals surface area contributed by atoms with Crippen molar-refractivity contribution in [3.8, 4) is 0 Å². The molecule has 1 aromatic rings. The summed E-state index contributed by atoms with van der Waals surface area (Å²) in [4.78, 5) is 3.98. The van der Waals surface area contributed by atoms with E-state index >= 15 is 0 Å². The van der Waals surface area contributed by atoms with Crippen molar-refractivity contribution in [3.63, 3.8) is 0 Å². The van der Waals surface area contributed by atoms with Crippen LogP contribution >= 0.6 is 0 Å². The van der Waals surface area contributed by atoms with Crippen molar-refractivity contribution in [3.05, 3.63) is 35.9 Å². The molecule has 0 spiro atoms. The molecule has 3 nitrogen and oxygen atoms in total. The second-order valence-corrected chi connectivity index (χ2v) is 3.71. The summed E-state index contributed by atoms with van der Waals surface area (Å²) in [6.07, 6.45) is 2.17. The van der Waals surface area contributed by atoms with E-state index in [1.165, 1.54) is 5.56 Å². The second kappa shape index (κ2) is 4.82. The Morgan fingerprint density at radius 2 is 2.20 bits per heavy atom. The van der Waals surface area contributed by atoms with Gasteiger partial charge in [-0.3, -0.25) is 0 Å². The maximum atomic E-state index is 5.34. The van der Waals surface area contributed by atoms with Crippen LogP contribution < -0.4 is 5.32 Å². The van der Waals surface area contributed by atoms with E-state index in [1.807, 2.05) is 6.07 Å². The van der Waals surface area contributed by atoms with Crippen molar-refractivity contribution in [2.45, 2.75) is 18.9 Å². The summed E-state index contributed by atoms with van der Waals surface area (Å²) in [5, 5.41) is 3.24. The zero-order valence-corrected chi connectivity index (χ0v) is 8.94. The summed E-state index contributed by atoms with van der Waals surface area (Å²) >= 11 is 0. The van der Waals surface area contributed by atoms with Gasteiger partial charge in [0.25, 0.3) is 6.02 Å². The summed E-state index contributed by atoms with van der Waals surface area (Å²) in [6.45, 7) is 0.736. The SMILES string of the molecule is CN=C1NC(CCc2ccccc2)CO1. The molecule has 0 radical (unpaired) electrons. The highest BCUT2D eigenvalue weighted by Gasteiger charge is 2.19. The molecule has 2 rings (SSSR count). The Balaban J connectivity index is 1.80. The van der Waals surface area contributed by atoms with Gasteiger partial charge >= 0.3 is 0 Å². The Kier molecular flexibility index (Phi) is 3.22. The lowest BCUT2D eigenvalue weighted by Gasteiger charge is -2.06. The molecule has 1 fully saturated rings. The lowest BCUT2D eigenvalue weighted by atomic mass is 10.1. The molecule has 0 bridgehead atoms. The van der Waals surface area contributed by atoms with Crippen LogP contribution in [-0.4, -0.2) is 25.7 Å². The maximum absolute atomic E-state index is 5.34. The number of nitrogens with zero attached hydrogens (tertiary/aromatic N) is 1. The molecule has 15 heavy (non-hydrogen) atoms. The minimum absolute atomic E-state index is 0.406. The zero-order valence-electron chi connectivity index (χ0n) is 8.94. The molecule has 0 aliphatic carbocycles. The molecule has 1 aliphatic heterocycles. The average molecular weight is 204 g/mol. The molecule has 0 amide bonds. The van der Waals surface area contributed by atoms with E-state index in [9.17, 15) is 0 Å². The lowest BCUT2D eigenvalue weighted by Crippen LogP contribution is -2.27. The zero-order chi connectivity index (χ0) is 10.5. The Hall–Kier alpha value is -1.51. The normalized spacial score (nSPS) is 22.5. The monoisotopic (exact) mass is 204 g/mol. The minimum Gasteiger partial charge on any atom is -0.463 e. The van der Waals surface area contributed by atoms with Gasteiger partial charge < -0.3 is 10.1 Å². The molecular weight excluding hydrogens is 188 g/mol. The fraction of sp³-hybridized carbons (Fsp3) is 0.417. The first kappa shape index (κ1) is 10.0. The number of hydrogen-bond acceptors (Lipinski definition) is 2. The van der Waals surface area contributed by atoms with Gasteiger partial charge in [0, 0.05) is 7.05 Å². The topological polar surface area (TPSA) is 33.6 Å². The van der Waals surface area contributed by atoms with Crippen LogP contribution in [0.1, 0.15) is 12.0 Å². The highest BCUT2D eigenvalue weighted by Crippen LogP contribution is 2.08. The van der Waals surface area contributed by atoms with Crippen LogP contribution in [0.4, 0.5) is 0 Å². The van der Waals surface area contributed by atoms with Crippen molar-refractivity contribution in [1.82, 2.24) is 5.32 Å². The summed E-state index contributed by atoms with van der Waals surface area (Å²) < 4.78 is 5.34. The Morgan fingerprint density at radius 1 is 1.40 bits per heavy atom. The fourth-order valence-corrected chi connectivity index (χ4v) is 1.71. The molecule has 3 heteroatoms. The summed E-state index contributed by atoms with van der Waals surface area (Å²) in [5.74, 6) is 0. The minimum atomic E-state index is 0.406. The molecule has 0 saturated carbocycles. The van der Waals surface area contributed by atoms with Gasteiger partial charge in [0.2, 0.25) is 0 Å². The van der Waals surface area contributed by atoms with Crippen LogP contribution in [0.25, 0.3) is 0 Å². The summed E-state index contributed by atoms with van der Waals surface area (Å²) in [7, 11) is 1.74. The van der Waals surface area contributed by atoms with E-state index in [0.717, 1.165) is 19.4 Å². The molecule has 1 atom stereocenters. The number of aryl methyl sites for hydroxylation is 1. The van der Waals surface area contributed by atoms with Crippen molar-refractivity contribution in [2.75, 3.05) is 13.7 Å². The van der Waals surface area contributed by atoms with Crippen molar-refractivity contribution in [2.24, 2.45) is 4.99 Å². The first-order valence-corrected chi connectivity index (χ1v) is 5.28. The Labute approximate surface area is 90.2 Å². The van der Waals surface area contributed by atoms with E-state index in [-0.39, 0.29) is 0 Å². The number of aliphatic imine (C=N–C) groups is 1. The number of nitrogens with one attached hydrogen (secondary N) is 1. The summed E-state index contributed by atoms with van der Waals surface area (Å²) in [6, 6.07) is 11.6. The highest BCUT2D eigenvalue weighted by molar-refractivity contribution is 5.75. The van der Waals surface area contributed by atoms with Crippen LogP contribution in [0, 0.1) is 0 Å². The average Bonchev–Trinajstić information content (AvgIpc) is 2.76. The third-order valence-corrected chi connectivity index (χ3v) is 2.58. The molecule has 1 N–H and O–H groups in total. The predicted octanol–water partition coefficient (Wildman–Crippen LogP) is 1.59. The molecule has 1 aliphatic rings. The summed E-state index contributed by atoms with van der Waals surface area (Å²) in [5.41, 5.74) is 1.38. The van der Waals surface area contributed by atoms with Gasteiger partial charge in [-0.1, -0.05) is 30.3 Å². The predicted molar refractivity (Wildman–Crippen MR) is 61.0 cm³/mol. The first-order valence-electron chi connectivity index (χ1n) is 5.28. The maximum Gasteiger partial charge on any atom is 0.284 e. The largest absolute Gasteiger partial charge is 0.463 e. The van der Waals surface area contributed by atoms with Gasteiger partial charge in [0.05, 0.1) is 6.04 Å². The quantitative estimate of drug-likeness (QED) is 0.811. The van der Waals surface area contributed by atoms with Crippen LogP contribution in [0.5, 0.6) is 0 Å². The van der Waals surface area contributed by atoms with Crippen LogP contribution in [-0.2, 0) is 11.2 Å². The molecule has 80 valence electrons. The fourth-order valence-electron chi connectivity index (χ4n) is 1.71. The first-order chi connectivity index (χ1) is 7.38. The second-order valence-electron chi connectivity index (χ2n) is 3.71. The van der Waals surface area contributed by atoms with E-state index in [1.54, 1.807) is 7.05 Å². The van der Waals surface area contributed by atoms with E-state index in [4.69, 9.17) is 4.74 Å². The third-order valence-electron chi connectivity index (χ3n) is 2.58. The molecule has 1 unspecified atom stereocenters. The highest BCUT2D eigenvalue weighted by atomic mass is 16.5. The number of rotatable bonds is 3. The smallest absolute Gasteiger partial charge is 0.284 e. The number of hydrogen-bond donors (Lipinski definition) is 1. The third kappa shape index (κ3) is 2.72. The Bertz CT molecular complexity index is 335. The van der Waals surface area contributed by atoms with E-state index < -0.39 is 0 Å². The molecule has 1 aromatic carbocycles. The van der Waals surface area contributed by atoms with Gasteiger partial charge in [0.1, 0.15) is 6.61 Å². The van der Waals surface area contributed by atoms with Crippen LogP contribution in [0.3, 0.4) is 0 Å². The Morgan fingerprint density at radius 3 is 2.87 bits per heavy atom. The lowest BCUT2D eigenvalue weighted by molar-refractivity contribution is 0.320. The molecule has 0 aromatic heterocycles. The van der Waals surface area contributed by atoms with Gasteiger partial charge in [-0.05, 0) is 18.4 Å².